The van der Waals surface area contributed by atoms with Gasteiger partial charge in [-0.3, -0.25) is 4.79 Å². The predicted molar refractivity (Wildman–Crippen MR) is 53.1 cm³/mol. The quantitative estimate of drug-likeness (QED) is 0.622. The van der Waals surface area contributed by atoms with Crippen LogP contribution in [0.25, 0.3) is 0 Å². The molecular formula is C12H11NO. The molecule has 0 spiro atoms. The molecule has 0 heterocycles. The third-order valence-corrected chi connectivity index (χ3v) is 2.78. The largest absolute Gasteiger partial charge is 0.294 e. The molecule has 0 radical (unpaired) electrons. The molecule has 0 bridgehead atoms. The number of nitriles is 1. The molecule has 0 unspecified atom stereocenters. The maximum Gasteiger partial charge on any atom is 0.164 e. The Morgan fingerprint density at radius 3 is 2.79 bits per heavy atom. The van der Waals surface area contributed by atoms with Crippen LogP contribution in [-0.4, -0.2) is 5.78 Å². The molecular weight excluding hydrogens is 174 g/mol. The van der Waals surface area contributed by atoms with Crippen LogP contribution in [0.1, 0.15) is 41.8 Å². The maximum absolute atomic E-state index is 11.6. The molecule has 14 heavy (non-hydrogen) atoms. The van der Waals surface area contributed by atoms with Crippen molar-refractivity contribution in [2.24, 2.45) is 0 Å². The van der Waals surface area contributed by atoms with Crippen LogP contribution in [0.15, 0.2) is 18.2 Å². The van der Waals surface area contributed by atoms with Crippen LogP contribution in [0.3, 0.4) is 0 Å². The molecule has 1 aromatic carbocycles. The summed E-state index contributed by atoms with van der Waals surface area (Å²) >= 11 is 0. The SMILES string of the molecule is CC1(C)CC(=O)c2ccc(C#N)cc21. The van der Waals surface area contributed by atoms with Gasteiger partial charge in [0.2, 0.25) is 0 Å². The number of rotatable bonds is 0. The molecule has 0 saturated carbocycles. The van der Waals surface area contributed by atoms with Crippen LogP contribution in [0.5, 0.6) is 0 Å². The van der Waals surface area contributed by atoms with E-state index < -0.39 is 0 Å². The van der Waals surface area contributed by atoms with E-state index in [1.807, 2.05) is 19.9 Å². The van der Waals surface area contributed by atoms with Crippen LogP contribution in [0.4, 0.5) is 0 Å². The average Bonchev–Trinajstić information content (AvgIpc) is 2.37. The number of hydrogen-bond donors (Lipinski definition) is 0. The number of fused-ring (bicyclic) bond motifs is 1. The highest BCUT2D eigenvalue weighted by Crippen LogP contribution is 2.38. The van der Waals surface area contributed by atoms with Gasteiger partial charge in [0.15, 0.2) is 5.78 Å². The zero-order chi connectivity index (χ0) is 10.3. The lowest BCUT2D eigenvalue weighted by atomic mass is 9.86. The Kier molecular flexibility index (Phi) is 1.72. The van der Waals surface area contributed by atoms with Gasteiger partial charge in [-0.2, -0.15) is 5.26 Å². The minimum Gasteiger partial charge on any atom is -0.294 e. The summed E-state index contributed by atoms with van der Waals surface area (Å²) < 4.78 is 0. The second-order valence-corrected chi connectivity index (χ2v) is 4.36. The summed E-state index contributed by atoms with van der Waals surface area (Å²) in [6.07, 6.45) is 0.553. The highest BCUT2D eigenvalue weighted by molar-refractivity contribution is 6.02. The van der Waals surface area contributed by atoms with Gasteiger partial charge in [-0.1, -0.05) is 13.8 Å². The molecule has 0 N–H and O–H groups in total. The van der Waals surface area contributed by atoms with E-state index in [4.69, 9.17) is 5.26 Å². The van der Waals surface area contributed by atoms with Crippen molar-refractivity contribution in [3.05, 3.63) is 34.9 Å². The van der Waals surface area contributed by atoms with Crippen LogP contribution >= 0.6 is 0 Å². The highest BCUT2D eigenvalue weighted by Gasteiger charge is 2.35. The summed E-state index contributed by atoms with van der Waals surface area (Å²) in [5, 5.41) is 8.77. The Labute approximate surface area is 83.2 Å². The van der Waals surface area contributed by atoms with Crippen molar-refractivity contribution >= 4 is 5.78 Å². The lowest BCUT2D eigenvalue weighted by Gasteiger charge is -2.17. The van der Waals surface area contributed by atoms with Crippen LogP contribution in [0.2, 0.25) is 0 Å². The molecule has 70 valence electrons. The highest BCUT2D eigenvalue weighted by atomic mass is 16.1. The lowest BCUT2D eigenvalue weighted by molar-refractivity contribution is 0.0979. The van der Waals surface area contributed by atoms with E-state index in [0.717, 1.165) is 11.1 Å². The fourth-order valence-electron chi connectivity index (χ4n) is 2.01. The summed E-state index contributed by atoms with van der Waals surface area (Å²) in [6.45, 7) is 4.08. The van der Waals surface area contributed by atoms with Gasteiger partial charge in [0.1, 0.15) is 0 Å². The lowest BCUT2D eigenvalue weighted by Crippen LogP contribution is -2.12. The van der Waals surface area contributed by atoms with E-state index in [-0.39, 0.29) is 11.2 Å². The minimum absolute atomic E-state index is 0.112. The molecule has 0 atom stereocenters. The molecule has 0 aromatic heterocycles. The standard InChI is InChI=1S/C12H11NO/c1-12(2)6-11(14)9-4-3-8(7-13)5-10(9)12/h3-5H,6H2,1-2H3. The number of benzene rings is 1. The Morgan fingerprint density at radius 2 is 2.14 bits per heavy atom. The van der Waals surface area contributed by atoms with Gasteiger partial charge in [0.05, 0.1) is 11.6 Å². The monoisotopic (exact) mass is 185 g/mol. The van der Waals surface area contributed by atoms with Gasteiger partial charge in [-0.15, -0.1) is 0 Å². The molecule has 0 amide bonds. The fourth-order valence-corrected chi connectivity index (χ4v) is 2.01. The average molecular weight is 185 g/mol. The normalized spacial score (nSPS) is 17.6. The summed E-state index contributed by atoms with van der Waals surface area (Å²) in [5.74, 6) is 0.189. The summed E-state index contributed by atoms with van der Waals surface area (Å²) in [6, 6.07) is 7.41. The zero-order valence-electron chi connectivity index (χ0n) is 8.29. The number of nitrogens with zero attached hydrogens (tertiary/aromatic N) is 1. The van der Waals surface area contributed by atoms with Gasteiger partial charge in [0, 0.05) is 12.0 Å². The first-order chi connectivity index (χ1) is 6.54. The summed E-state index contributed by atoms with van der Waals surface area (Å²) in [7, 11) is 0. The molecule has 2 rings (SSSR count). The zero-order valence-corrected chi connectivity index (χ0v) is 8.29. The van der Waals surface area contributed by atoms with Crippen molar-refractivity contribution in [1.82, 2.24) is 0 Å². The van der Waals surface area contributed by atoms with Gasteiger partial charge < -0.3 is 0 Å². The van der Waals surface area contributed by atoms with Gasteiger partial charge in [-0.25, -0.2) is 0 Å². The summed E-state index contributed by atoms with van der Waals surface area (Å²) in [4.78, 5) is 11.6. The van der Waals surface area contributed by atoms with E-state index in [9.17, 15) is 4.79 Å². The van der Waals surface area contributed by atoms with Crippen molar-refractivity contribution in [2.75, 3.05) is 0 Å². The second-order valence-electron chi connectivity index (χ2n) is 4.36. The van der Waals surface area contributed by atoms with Crippen LogP contribution < -0.4 is 0 Å². The smallest absolute Gasteiger partial charge is 0.164 e. The number of Topliss-reactive ketones (excluding diaryl/α,β-unsaturated/α-hetero) is 1. The molecule has 2 nitrogen and oxygen atoms in total. The van der Waals surface area contributed by atoms with Crippen molar-refractivity contribution < 1.29 is 4.79 Å². The third-order valence-electron chi connectivity index (χ3n) is 2.78. The Bertz CT molecular complexity index is 452. The Hall–Kier alpha value is -1.62. The van der Waals surface area contributed by atoms with Crippen LogP contribution in [0, 0.1) is 11.3 Å². The number of hydrogen-bond acceptors (Lipinski definition) is 2. The van der Waals surface area contributed by atoms with Crippen molar-refractivity contribution in [1.29, 1.82) is 5.26 Å². The second kappa shape index (κ2) is 2.68. The Morgan fingerprint density at radius 1 is 1.43 bits per heavy atom. The first-order valence-corrected chi connectivity index (χ1v) is 4.62. The number of carbonyl (C=O) groups is 1. The molecule has 1 aromatic rings. The molecule has 0 fully saturated rings. The van der Waals surface area contributed by atoms with E-state index >= 15 is 0 Å². The third kappa shape index (κ3) is 1.13. The van der Waals surface area contributed by atoms with E-state index in [2.05, 4.69) is 6.07 Å². The first kappa shape index (κ1) is 8.96. The van der Waals surface area contributed by atoms with Gasteiger partial charge >= 0.3 is 0 Å². The molecule has 0 aliphatic heterocycles. The van der Waals surface area contributed by atoms with Gasteiger partial charge in [0.25, 0.3) is 0 Å². The van der Waals surface area contributed by atoms with Crippen molar-refractivity contribution in [3.8, 4) is 6.07 Å². The number of ketones is 1. The van der Waals surface area contributed by atoms with E-state index in [1.54, 1.807) is 12.1 Å². The molecule has 0 saturated heterocycles. The van der Waals surface area contributed by atoms with Crippen molar-refractivity contribution in [2.45, 2.75) is 25.7 Å². The number of carbonyl (C=O) groups excluding carboxylic acids is 1. The topological polar surface area (TPSA) is 40.9 Å². The van der Waals surface area contributed by atoms with E-state index in [0.29, 0.717) is 12.0 Å². The predicted octanol–water partition coefficient (Wildman–Crippen LogP) is 2.42. The molecule has 2 heteroatoms. The summed E-state index contributed by atoms with van der Waals surface area (Å²) in [5.41, 5.74) is 2.32. The van der Waals surface area contributed by atoms with Crippen LogP contribution in [-0.2, 0) is 5.41 Å². The molecule has 1 aliphatic rings. The first-order valence-electron chi connectivity index (χ1n) is 4.62. The molecule has 1 aliphatic carbocycles. The van der Waals surface area contributed by atoms with Gasteiger partial charge in [-0.05, 0) is 29.2 Å². The fraction of sp³-hybridized carbons (Fsp3) is 0.333. The van der Waals surface area contributed by atoms with E-state index in [1.165, 1.54) is 0 Å². The van der Waals surface area contributed by atoms with Crippen molar-refractivity contribution in [3.63, 3.8) is 0 Å². The minimum atomic E-state index is -0.112. The maximum atomic E-state index is 11.6. The Balaban J connectivity index is 2.66.